The second kappa shape index (κ2) is 4.36. The number of nitrogens with one attached hydrogen (secondary N) is 2. The van der Waals surface area contributed by atoms with Gasteiger partial charge in [-0.2, -0.15) is 5.10 Å². The second-order valence-corrected chi connectivity index (χ2v) is 6.41. The van der Waals surface area contributed by atoms with Gasteiger partial charge in [0, 0.05) is 5.54 Å². The Morgan fingerprint density at radius 3 is 2.67 bits per heavy atom. The van der Waals surface area contributed by atoms with Crippen LogP contribution in [-0.2, 0) is 10.0 Å². The normalized spacial score (nSPS) is 18.9. The van der Waals surface area contributed by atoms with Crippen molar-refractivity contribution in [2.75, 3.05) is 0 Å². The zero-order valence-corrected chi connectivity index (χ0v) is 10.7. The molecule has 8 heteroatoms. The van der Waals surface area contributed by atoms with Crippen LogP contribution in [0.3, 0.4) is 0 Å². The van der Waals surface area contributed by atoms with E-state index in [2.05, 4.69) is 14.9 Å². The molecular formula is C10H15N3O4S. The Morgan fingerprint density at radius 1 is 1.50 bits per heavy atom. The summed E-state index contributed by atoms with van der Waals surface area (Å²) in [5, 5.41) is 14.2. The SMILES string of the molecule is CC1(NS(=O)(=O)c2[nH]ncc2C(=O)O)CCCC1. The van der Waals surface area contributed by atoms with Crippen molar-refractivity contribution in [2.24, 2.45) is 0 Å². The quantitative estimate of drug-likeness (QED) is 0.748. The van der Waals surface area contributed by atoms with E-state index < -0.39 is 21.5 Å². The van der Waals surface area contributed by atoms with Crippen LogP contribution in [0.4, 0.5) is 0 Å². The predicted molar refractivity (Wildman–Crippen MR) is 62.7 cm³/mol. The minimum absolute atomic E-state index is 0.343. The molecule has 2 rings (SSSR count). The Bertz CT molecular complexity index is 557. The van der Waals surface area contributed by atoms with E-state index >= 15 is 0 Å². The van der Waals surface area contributed by atoms with Crippen LogP contribution in [0.15, 0.2) is 11.2 Å². The van der Waals surface area contributed by atoms with Crippen LogP contribution in [-0.4, -0.2) is 35.2 Å². The molecule has 1 saturated carbocycles. The Kier molecular flexibility index (Phi) is 3.16. The van der Waals surface area contributed by atoms with Crippen molar-refractivity contribution in [1.82, 2.24) is 14.9 Å². The average Bonchev–Trinajstić information content (AvgIpc) is 2.85. The first-order valence-electron chi connectivity index (χ1n) is 5.65. The van der Waals surface area contributed by atoms with Gasteiger partial charge in [0.2, 0.25) is 0 Å². The van der Waals surface area contributed by atoms with Crippen molar-refractivity contribution in [3.8, 4) is 0 Å². The Balaban J connectivity index is 2.31. The van der Waals surface area contributed by atoms with Gasteiger partial charge in [-0.3, -0.25) is 5.10 Å². The fraction of sp³-hybridized carbons (Fsp3) is 0.600. The number of aromatic nitrogens is 2. The summed E-state index contributed by atoms with van der Waals surface area (Å²) >= 11 is 0. The van der Waals surface area contributed by atoms with Gasteiger partial charge in [-0.15, -0.1) is 0 Å². The summed E-state index contributed by atoms with van der Waals surface area (Å²) in [4.78, 5) is 10.9. The van der Waals surface area contributed by atoms with Crippen molar-refractivity contribution >= 4 is 16.0 Å². The molecule has 0 radical (unpaired) electrons. The fourth-order valence-corrected chi connectivity index (χ4v) is 3.82. The number of hydrogen-bond acceptors (Lipinski definition) is 4. The van der Waals surface area contributed by atoms with E-state index in [9.17, 15) is 13.2 Å². The summed E-state index contributed by atoms with van der Waals surface area (Å²) < 4.78 is 26.8. The van der Waals surface area contributed by atoms with E-state index in [1.54, 1.807) is 0 Å². The first-order valence-corrected chi connectivity index (χ1v) is 7.13. The summed E-state index contributed by atoms with van der Waals surface area (Å²) in [5.41, 5.74) is -0.844. The summed E-state index contributed by atoms with van der Waals surface area (Å²) in [6.07, 6.45) is 4.43. The van der Waals surface area contributed by atoms with Gasteiger partial charge in [0.15, 0.2) is 5.03 Å². The maximum atomic E-state index is 12.1. The molecule has 1 heterocycles. The number of H-pyrrole nitrogens is 1. The number of sulfonamides is 1. The number of nitrogens with zero attached hydrogens (tertiary/aromatic N) is 1. The first-order chi connectivity index (χ1) is 8.34. The Labute approximate surface area is 105 Å². The van der Waals surface area contributed by atoms with Gasteiger partial charge in [0.25, 0.3) is 10.0 Å². The molecule has 0 aromatic carbocycles. The fourth-order valence-electron chi connectivity index (χ4n) is 2.26. The van der Waals surface area contributed by atoms with Crippen molar-refractivity contribution < 1.29 is 18.3 Å². The monoisotopic (exact) mass is 273 g/mol. The molecule has 0 saturated heterocycles. The lowest BCUT2D eigenvalue weighted by Crippen LogP contribution is -2.43. The number of carboxylic acid groups (broad SMARTS) is 1. The predicted octanol–water partition coefficient (Wildman–Crippen LogP) is 0.719. The molecule has 0 aliphatic heterocycles. The highest BCUT2D eigenvalue weighted by molar-refractivity contribution is 7.89. The van der Waals surface area contributed by atoms with Crippen molar-refractivity contribution in [3.05, 3.63) is 11.8 Å². The summed E-state index contributed by atoms with van der Waals surface area (Å²) in [5.74, 6) is -1.32. The summed E-state index contributed by atoms with van der Waals surface area (Å²) in [6.45, 7) is 1.83. The van der Waals surface area contributed by atoms with E-state index in [0.717, 1.165) is 31.9 Å². The molecule has 1 aromatic heterocycles. The number of rotatable bonds is 4. The highest BCUT2D eigenvalue weighted by Gasteiger charge is 2.35. The van der Waals surface area contributed by atoms with Gasteiger partial charge in [-0.05, 0) is 19.8 Å². The van der Waals surface area contributed by atoms with E-state index in [0.29, 0.717) is 0 Å². The van der Waals surface area contributed by atoms with Crippen LogP contribution >= 0.6 is 0 Å². The maximum absolute atomic E-state index is 12.1. The second-order valence-electron chi connectivity index (χ2n) is 4.79. The van der Waals surface area contributed by atoms with E-state index in [4.69, 9.17) is 5.11 Å². The van der Waals surface area contributed by atoms with Crippen molar-refractivity contribution in [1.29, 1.82) is 0 Å². The van der Waals surface area contributed by atoms with E-state index in [1.807, 2.05) is 6.92 Å². The molecule has 0 amide bonds. The van der Waals surface area contributed by atoms with Crippen molar-refractivity contribution in [2.45, 2.75) is 43.2 Å². The average molecular weight is 273 g/mol. The molecule has 18 heavy (non-hydrogen) atoms. The third-order valence-electron chi connectivity index (χ3n) is 3.19. The van der Waals surface area contributed by atoms with Crippen LogP contribution < -0.4 is 4.72 Å². The van der Waals surface area contributed by atoms with Crippen LogP contribution in [0, 0.1) is 0 Å². The number of hydrogen-bond donors (Lipinski definition) is 3. The zero-order chi connectivity index (χ0) is 13.4. The van der Waals surface area contributed by atoms with Gasteiger partial charge in [-0.25, -0.2) is 17.9 Å². The molecule has 1 fully saturated rings. The molecule has 0 bridgehead atoms. The summed E-state index contributed by atoms with van der Waals surface area (Å²) in [6, 6.07) is 0. The molecule has 1 aliphatic rings. The number of aromatic amines is 1. The summed E-state index contributed by atoms with van der Waals surface area (Å²) in [7, 11) is -3.88. The molecular weight excluding hydrogens is 258 g/mol. The topological polar surface area (TPSA) is 112 Å². The largest absolute Gasteiger partial charge is 0.478 e. The van der Waals surface area contributed by atoms with Crippen LogP contribution in [0.2, 0.25) is 0 Å². The minimum Gasteiger partial charge on any atom is -0.478 e. The van der Waals surface area contributed by atoms with E-state index in [1.165, 1.54) is 0 Å². The first kappa shape index (κ1) is 13.0. The number of carboxylic acids is 1. The number of carbonyl (C=O) groups is 1. The third kappa shape index (κ3) is 2.39. The van der Waals surface area contributed by atoms with Crippen LogP contribution in [0.1, 0.15) is 43.0 Å². The smallest absolute Gasteiger partial charge is 0.340 e. The zero-order valence-electron chi connectivity index (χ0n) is 9.93. The lowest BCUT2D eigenvalue weighted by atomic mass is 10.0. The van der Waals surface area contributed by atoms with Gasteiger partial charge < -0.3 is 5.11 Å². The lowest BCUT2D eigenvalue weighted by molar-refractivity contribution is 0.0692. The molecule has 1 aliphatic carbocycles. The van der Waals surface area contributed by atoms with Gasteiger partial charge in [0.1, 0.15) is 5.56 Å². The standard InChI is InChI=1S/C10H15N3O4S/c1-10(4-2-3-5-10)13-18(16,17)8-7(9(14)15)6-11-12-8/h6,13H,2-5H2,1H3,(H,11,12)(H,14,15). The van der Waals surface area contributed by atoms with Gasteiger partial charge >= 0.3 is 5.97 Å². The highest BCUT2D eigenvalue weighted by atomic mass is 32.2. The van der Waals surface area contributed by atoms with Gasteiger partial charge in [-0.1, -0.05) is 12.8 Å². The molecule has 1 aromatic rings. The third-order valence-corrected chi connectivity index (χ3v) is 4.80. The van der Waals surface area contributed by atoms with Crippen LogP contribution in [0.5, 0.6) is 0 Å². The Morgan fingerprint density at radius 2 is 2.11 bits per heavy atom. The molecule has 0 spiro atoms. The molecule has 100 valence electrons. The van der Waals surface area contributed by atoms with Crippen molar-refractivity contribution in [3.63, 3.8) is 0 Å². The molecule has 3 N–H and O–H groups in total. The van der Waals surface area contributed by atoms with Gasteiger partial charge in [0.05, 0.1) is 6.20 Å². The highest BCUT2D eigenvalue weighted by Crippen LogP contribution is 2.30. The number of aromatic carboxylic acids is 1. The maximum Gasteiger partial charge on any atom is 0.340 e. The van der Waals surface area contributed by atoms with Crippen LogP contribution in [0.25, 0.3) is 0 Å². The molecule has 0 atom stereocenters. The molecule has 7 nitrogen and oxygen atoms in total. The minimum atomic E-state index is -3.88. The van der Waals surface area contributed by atoms with E-state index in [-0.39, 0.29) is 10.6 Å². The Hall–Kier alpha value is -1.41. The lowest BCUT2D eigenvalue weighted by Gasteiger charge is -2.24. The molecule has 0 unspecified atom stereocenters.